The average molecular weight is 474 g/mol. The average Bonchev–Trinajstić information content (AvgIpc) is 2.75. The Balaban J connectivity index is 4.15. The van der Waals surface area contributed by atoms with Crippen molar-refractivity contribution in [3.63, 3.8) is 0 Å². The fourth-order valence-electron chi connectivity index (χ4n) is 3.53. The van der Waals surface area contributed by atoms with Gasteiger partial charge < -0.3 is 10.5 Å². The molecule has 0 saturated heterocycles. The topological polar surface area (TPSA) is 52.3 Å². The number of hydrogen-bond donors (Lipinski definition) is 1. The standard InChI is InChI=1S/C28H34F3NO2/c1-8-10-20(5)26(28(29,30)31)24(11-9-2)23-15-14-22(17-25(32)27(33)34-7)16-18(3)12-13-19(4)21(23)6/h8-16,25H,1,17,32H2,2-7H3/b11-9+,13-12?,15-14?,18-12?,18-16?,19-13?,20-10-,21-19?,22-14?,22-16?,23-15?,23-21?,26-24-/t25-/m0/s1. The van der Waals surface area contributed by atoms with Crippen molar-refractivity contribution in [2.45, 2.75) is 53.3 Å². The number of aryl methyl sites for hydroxylation is 2. The number of hydrogen-bond acceptors (Lipinski definition) is 3. The summed E-state index contributed by atoms with van der Waals surface area (Å²) in [6, 6.07) is 8.08. The van der Waals surface area contributed by atoms with E-state index in [4.69, 9.17) is 10.5 Å². The molecule has 0 amide bonds. The Bertz CT molecular complexity index is 1060. The predicted octanol–water partition coefficient (Wildman–Crippen LogP) is 6.80. The highest BCUT2D eigenvalue weighted by Crippen LogP contribution is 2.39. The molecule has 184 valence electrons. The summed E-state index contributed by atoms with van der Waals surface area (Å²) in [5.74, 6) is -0.560. The van der Waals surface area contributed by atoms with Gasteiger partial charge in [-0.2, -0.15) is 13.2 Å². The Hall–Kier alpha value is -3.12. The van der Waals surface area contributed by atoms with Crippen LogP contribution in [-0.2, 0) is 16.0 Å². The molecule has 0 bridgehead atoms. The van der Waals surface area contributed by atoms with E-state index < -0.39 is 23.8 Å². The number of allylic oxidation sites excluding steroid dienone is 7. The molecule has 1 atom stereocenters. The van der Waals surface area contributed by atoms with Crippen LogP contribution in [0.2, 0.25) is 0 Å². The maximum Gasteiger partial charge on any atom is 0.417 e. The molecule has 3 nitrogen and oxygen atoms in total. The number of nitrogens with two attached hydrogens (primary N) is 1. The third kappa shape index (κ3) is 8.03. The summed E-state index contributed by atoms with van der Waals surface area (Å²) in [6.07, 6.45) is 1.33. The molecule has 1 aromatic rings. The summed E-state index contributed by atoms with van der Waals surface area (Å²) in [7, 11) is 1.26. The first kappa shape index (κ1) is 28.9. The van der Waals surface area contributed by atoms with Crippen molar-refractivity contribution in [1.82, 2.24) is 0 Å². The van der Waals surface area contributed by atoms with Gasteiger partial charge in [0.25, 0.3) is 0 Å². The Morgan fingerprint density at radius 1 is 1.18 bits per heavy atom. The number of carbonyl (C=O) groups is 1. The van der Waals surface area contributed by atoms with Gasteiger partial charge in [0, 0.05) is 0 Å². The van der Waals surface area contributed by atoms with Gasteiger partial charge in [-0.3, -0.25) is 4.79 Å². The van der Waals surface area contributed by atoms with E-state index >= 15 is 0 Å². The van der Waals surface area contributed by atoms with Crippen LogP contribution in [0.5, 0.6) is 0 Å². The second-order valence-corrected chi connectivity index (χ2v) is 8.06. The van der Waals surface area contributed by atoms with Crippen LogP contribution in [0.15, 0.2) is 72.4 Å². The van der Waals surface area contributed by atoms with Crippen molar-refractivity contribution in [3.8, 4) is 0 Å². The van der Waals surface area contributed by atoms with Crippen LogP contribution in [0.3, 0.4) is 0 Å². The lowest BCUT2D eigenvalue weighted by Crippen LogP contribution is -2.33. The summed E-state index contributed by atoms with van der Waals surface area (Å²) < 4.78 is 47.6. The van der Waals surface area contributed by atoms with E-state index in [0.29, 0.717) is 16.7 Å². The van der Waals surface area contributed by atoms with Gasteiger partial charge in [0.2, 0.25) is 0 Å². The maximum absolute atomic E-state index is 14.3. The van der Waals surface area contributed by atoms with Crippen LogP contribution in [0, 0.1) is 20.8 Å². The molecule has 0 unspecified atom stereocenters. The van der Waals surface area contributed by atoms with Gasteiger partial charge in [0.05, 0.1) is 12.7 Å². The summed E-state index contributed by atoms with van der Waals surface area (Å²) in [5.41, 5.74) is 8.87. The summed E-state index contributed by atoms with van der Waals surface area (Å²) in [5, 5.41) is 0. The van der Waals surface area contributed by atoms with Gasteiger partial charge >= 0.3 is 12.1 Å². The Morgan fingerprint density at radius 2 is 1.82 bits per heavy atom. The van der Waals surface area contributed by atoms with Crippen molar-refractivity contribution in [1.29, 1.82) is 0 Å². The van der Waals surface area contributed by atoms with E-state index in [2.05, 4.69) is 6.58 Å². The number of ether oxygens (including phenoxy) is 1. The van der Waals surface area contributed by atoms with Gasteiger partial charge in [-0.25, -0.2) is 0 Å². The molecule has 0 aliphatic heterocycles. The normalized spacial score (nSPS) is 13.8. The Morgan fingerprint density at radius 3 is 2.35 bits per heavy atom. The molecule has 1 aromatic carbocycles. The Labute approximate surface area is 200 Å². The van der Waals surface area contributed by atoms with E-state index in [1.165, 1.54) is 32.3 Å². The van der Waals surface area contributed by atoms with Gasteiger partial charge in [0.1, 0.15) is 6.04 Å². The van der Waals surface area contributed by atoms with Crippen molar-refractivity contribution in [2.75, 3.05) is 7.11 Å². The minimum Gasteiger partial charge on any atom is -0.468 e. The molecule has 0 fully saturated rings. The van der Waals surface area contributed by atoms with E-state index in [1.807, 2.05) is 32.0 Å². The predicted molar refractivity (Wildman–Crippen MR) is 134 cm³/mol. The monoisotopic (exact) mass is 473 g/mol. The van der Waals surface area contributed by atoms with Crippen LogP contribution in [-0.4, -0.2) is 25.3 Å². The first-order chi connectivity index (χ1) is 15.9. The molecular weight excluding hydrogens is 439 g/mol. The van der Waals surface area contributed by atoms with Crippen molar-refractivity contribution < 1.29 is 22.7 Å². The quantitative estimate of drug-likeness (QED) is 0.350. The van der Waals surface area contributed by atoms with E-state index in [0.717, 1.165) is 11.1 Å². The van der Waals surface area contributed by atoms with Crippen molar-refractivity contribution >= 4 is 11.5 Å². The summed E-state index contributed by atoms with van der Waals surface area (Å²) in [6.45, 7) is 12.2. The molecule has 6 heteroatoms. The first-order valence-electron chi connectivity index (χ1n) is 10.9. The molecule has 2 N–H and O–H groups in total. The van der Waals surface area contributed by atoms with E-state index in [1.54, 1.807) is 32.1 Å². The summed E-state index contributed by atoms with van der Waals surface area (Å²) in [4.78, 5) is 11.8. The highest BCUT2D eigenvalue weighted by atomic mass is 19.4. The molecule has 34 heavy (non-hydrogen) atoms. The van der Waals surface area contributed by atoms with Crippen molar-refractivity contribution in [3.05, 3.63) is 100 Å². The molecule has 1 rings (SSSR count). The van der Waals surface area contributed by atoms with Crippen molar-refractivity contribution in [2.24, 2.45) is 5.73 Å². The zero-order valence-electron chi connectivity index (χ0n) is 20.7. The second kappa shape index (κ2) is 12.9. The SMILES string of the molecule is C=C\C=C(C)/C(=C(\C=C\C)c1ccc(C[C@H](N)C(=O)OC)cc(C)ccc(C)c1C)C(F)(F)F. The smallest absolute Gasteiger partial charge is 0.417 e. The number of alkyl halides is 3. The molecule has 0 radical (unpaired) electrons. The molecule has 0 aliphatic carbocycles. The maximum atomic E-state index is 14.3. The minimum absolute atomic E-state index is 0.0463. The van der Waals surface area contributed by atoms with Crippen LogP contribution in [0.25, 0.3) is 5.57 Å². The lowest BCUT2D eigenvalue weighted by molar-refractivity contribution is -0.142. The Kier molecular flexibility index (Phi) is 11.0. The number of carbonyl (C=O) groups excluding carboxylic acids is 1. The van der Waals surface area contributed by atoms with E-state index in [-0.39, 0.29) is 17.6 Å². The van der Waals surface area contributed by atoms with Crippen LogP contribution < -0.4 is 5.73 Å². The highest BCUT2D eigenvalue weighted by Gasteiger charge is 2.37. The van der Waals surface area contributed by atoms with Gasteiger partial charge in [0.15, 0.2) is 0 Å². The largest absolute Gasteiger partial charge is 0.468 e. The van der Waals surface area contributed by atoms with Crippen LogP contribution in [0.1, 0.15) is 41.7 Å². The lowest BCUT2D eigenvalue weighted by Gasteiger charge is -2.19. The zero-order valence-corrected chi connectivity index (χ0v) is 20.7. The van der Waals surface area contributed by atoms with Crippen LogP contribution >= 0.6 is 0 Å². The number of halogens is 3. The molecule has 0 saturated carbocycles. The van der Waals surface area contributed by atoms with Crippen LogP contribution in [0.4, 0.5) is 13.2 Å². The first-order valence-corrected chi connectivity index (χ1v) is 10.9. The number of rotatable bonds is 7. The third-order valence-electron chi connectivity index (χ3n) is 5.37. The molecule has 0 spiro atoms. The fraction of sp³-hybridized carbons (Fsp3) is 0.321. The third-order valence-corrected chi connectivity index (χ3v) is 5.37. The number of esters is 1. The lowest BCUT2D eigenvalue weighted by atomic mass is 9.90. The van der Waals surface area contributed by atoms with Gasteiger partial charge in [-0.1, -0.05) is 66.8 Å². The summed E-state index contributed by atoms with van der Waals surface area (Å²) >= 11 is 0. The molecule has 0 heterocycles. The van der Waals surface area contributed by atoms with Gasteiger partial charge in [-0.15, -0.1) is 0 Å². The molecule has 0 aromatic heterocycles. The molecular formula is C28H34F3NO2. The zero-order chi connectivity index (χ0) is 26.1. The number of methoxy groups -OCH3 is 1. The molecule has 0 aliphatic rings. The minimum atomic E-state index is -4.59. The highest BCUT2D eigenvalue weighted by molar-refractivity contribution is 5.82. The van der Waals surface area contributed by atoms with Gasteiger partial charge in [-0.05, 0) is 74.4 Å². The fourth-order valence-corrected chi connectivity index (χ4v) is 3.53. The van der Waals surface area contributed by atoms with E-state index in [9.17, 15) is 18.0 Å². The second-order valence-electron chi connectivity index (χ2n) is 8.06.